The van der Waals surface area contributed by atoms with Crippen molar-refractivity contribution in [2.75, 3.05) is 5.32 Å². The van der Waals surface area contributed by atoms with Crippen LogP contribution in [0.2, 0.25) is 0 Å². The first-order valence-electron chi connectivity index (χ1n) is 6.66. The van der Waals surface area contributed by atoms with Crippen molar-refractivity contribution in [3.05, 3.63) is 60.3 Å². The highest BCUT2D eigenvalue weighted by atomic mass is 19.4. The minimum absolute atomic E-state index is 0.212. The van der Waals surface area contributed by atoms with Crippen LogP contribution in [0.4, 0.5) is 18.9 Å². The maximum Gasteiger partial charge on any atom is 0.573 e. The van der Waals surface area contributed by atoms with Gasteiger partial charge in [-0.05, 0) is 30.3 Å². The largest absolute Gasteiger partial charge is 0.573 e. The highest BCUT2D eigenvalue weighted by Crippen LogP contribution is 2.26. The summed E-state index contributed by atoms with van der Waals surface area (Å²) < 4.78 is 40.5. The number of alkyl halides is 3. The van der Waals surface area contributed by atoms with Crippen molar-refractivity contribution in [2.24, 2.45) is 0 Å². The molecular formula is C16H11F3N2O2. The Hall–Kier alpha value is -2.96. The van der Waals surface area contributed by atoms with Crippen molar-refractivity contribution in [1.82, 2.24) is 4.98 Å². The number of benzene rings is 2. The molecule has 0 atom stereocenters. The zero-order chi connectivity index (χ0) is 16.4. The third-order valence-corrected chi connectivity index (χ3v) is 3.17. The molecule has 0 unspecified atom stereocenters. The number of hydrogen-bond donors (Lipinski definition) is 2. The summed E-state index contributed by atoms with van der Waals surface area (Å²) in [6.45, 7) is 0. The number of carbonyl (C=O) groups excluding carboxylic acids is 1. The summed E-state index contributed by atoms with van der Waals surface area (Å²) >= 11 is 0. The van der Waals surface area contributed by atoms with Gasteiger partial charge in [0.15, 0.2) is 0 Å². The summed E-state index contributed by atoms with van der Waals surface area (Å²) in [5, 5.41) is 3.30. The SMILES string of the molecule is O=C(Nc1cccc(OC(F)(F)F)c1)c1cccc2[nH]ccc12. The van der Waals surface area contributed by atoms with Crippen molar-refractivity contribution in [2.45, 2.75) is 6.36 Å². The summed E-state index contributed by atoms with van der Waals surface area (Å²) in [5.74, 6) is -0.811. The maximum atomic E-state index is 12.3. The molecule has 0 radical (unpaired) electrons. The molecule has 0 aliphatic rings. The minimum Gasteiger partial charge on any atom is -0.406 e. The Kier molecular flexibility index (Phi) is 3.69. The molecule has 7 heteroatoms. The molecule has 4 nitrogen and oxygen atoms in total. The zero-order valence-corrected chi connectivity index (χ0v) is 11.6. The summed E-state index contributed by atoms with van der Waals surface area (Å²) in [6, 6.07) is 12.1. The van der Waals surface area contributed by atoms with Crippen molar-refractivity contribution >= 4 is 22.5 Å². The number of ether oxygens (including phenoxy) is 1. The van der Waals surface area contributed by atoms with Crippen LogP contribution in [0.3, 0.4) is 0 Å². The Morgan fingerprint density at radius 2 is 1.87 bits per heavy atom. The number of anilines is 1. The van der Waals surface area contributed by atoms with E-state index in [1.807, 2.05) is 6.07 Å². The first-order chi connectivity index (χ1) is 10.9. The van der Waals surface area contributed by atoms with Crippen molar-refractivity contribution in [3.8, 4) is 5.75 Å². The highest BCUT2D eigenvalue weighted by molar-refractivity contribution is 6.12. The van der Waals surface area contributed by atoms with Crippen LogP contribution < -0.4 is 10.1 Å². The second-order valence-electron chi connectivity index (χ2n) is 4.77. The van der Waals surface area contributed by atoms with Gasteiger partial charge in [0, 0.05) is 34.4 Å². The lowest BCUT2D eigenvalue weighted by atomic mass is 10.1. The van der Waals surface area contributed by atoms with Gasteiger partial charge in [0.1, 0.15) is 5.75 Å². The van der Waals surface area contributed by atoms with Gasteiger partial charge >= 0.3 is 6.36 Å². The fourth-order valence-corrected chi connectivity index (χ4v) is 2.25. The molecule has 1 heterocycles. The van der Waals surface area contributed by atoms with Crippen LogP contribution in [0.5, 0.6) is 5.75 Å². The molecule has 0 aliphatic carbocycles. The maximum absolute atomic E-state index is 12.3. The van der Waals surface area contributed by atoms with E-state index in [0.29, 0.717) is 5.56 Å². The molecule has 0 saturated heterocycles. The number of rotatable bonds is 3. The Labute approximate surface area is 128 Å². The van der Waals surface area contributed by atoms with Crippen LogP contribution in [0, 0.1) is 0 Å². The van der Waals surface area contributed by atoms with E-state index in [9.17, 15) is 18.0 Å². The van der Waals surface area contributed by atoms with Crippen LogP contribution >= 0.6 is 0 Å². The standard InChI is InChI=1S/C16H11F3N2O2/c17-16(18,19)23-11-4-1-3-10(9-11)21-15(22)13-5-2-6-14-12(13)7-8-20-14/h1-9,20H,(H,21,22). The van der Waals surface area contributed by atoms with Gasteiger partial charge in [-0.15, -0.1) is 13.2 Å². The number of carbonyl (C=O) groups is 1. The molecule has 23 heavy (non-hydrogen) atoms. The van der Waals surface area contributed by atoms with Gasteiger partial charge < -0.3 is 15.0 Å². The van der Waals surface area contributed by atoms with E-state index in [1.54, 1.807) is 24.4 Å². The normalized spacial score (nSPS) is 11.4. The molecule has 0 aliphatic heterocycles. The highest BCUT2D eigenvalue weighted by Gasteiger charge is 2.31. The average Bonchev–Trinajstić information content (AvgIpc) is 2.93. The Morgan fingerprint density at radius 3 is 2.65 bits per heavy atom. The zero-order valence-electron chi connectivity index (χ0n) is 11.6. The fraction of sp³-hybridized carbons (Fsp3) is 0.0625. The number of aromatic nitrogens is 1. The second-order valence-corrected chi connectivity index (χ2v) is 4.77. The van der Waals surface area contributed by atoms with E-state index in [1.165, 1.54) is 12.1 Å². The predicted octanol–water partition coefficient (Wildman–Crippen LogP) is 4.32. The third-order valence-electron chi connectivity index (χ3n) is 3.17. The fourth-order valence-electron chi connectivity index (χ4n) is 2.25. The molecule has 0 fully saturated rings. The molecule has 0 spiro atoms. The monoisotopic (exact) mass is 320 g/mol. The molecule has 0 bridgehead atoms. The quantitative estimate of drug-likeness (QED) is 0.755. The van der Waals surface area contributed by atoms with Gasteiger partial charge in [0.05, 0.1) is 0 Å². The Balaban J connectivity index is 1.83. The van der Waals surface area contributed by atoms with E-state index in [0.717, 1.165) is 23.0 Å². The number of nitrogens with one attached hydrogen (secondary N) is 2. The average molecular weight is 320 g/mol. The lowest BCUT2D eigenvalue weighted by Gasteiger charge is -2.11. The van der Waals surface area contributed by atoms with E-state index >= 15 is 0 Å². The van der Waals surface area contributed by atoms with Crippen molar-refractivity contribution in [3.63, 3.8) is 0 Å². The van der Waals surface area contributed by atoms with E-state index in [2.05, 4.69) is 15.0 Å². The van der Waals surface area contributed by atoms with Gasteiger partial charge in [-0.2, -0.15) is 0 Å². The Morgan fingerprint density at radius 1 is 1.09 bits per heavy atom. The number of H-pyrrole nitrogens is 1. The van der Waals surface area contributed by atoms with Gasteiger partial charge in [-0.1, -0.05) is 12.1 Å². The van der Waals surface area contributed by atoms with Crippen LogP contribution in [0.25, 0.3) is 10.9 Å². The lowest BCUT2D eigenvalue weighted by Crippen LogP contribution is -2.17. The summed E-state index contributed by atoms with van der Waals surface area (Å²) in [6.07, 6.45) is -3.07. The lowest BCUT2D eigenvalue weighted by molar-refractivity contribution is -0.274. The van der Waals surface area contributed by atoms with Crippen LogP contribution in [-0.2, 0) is 0 Å². The number of amides is 1. The van der Waals surface area contributed by atoms with Gasteiger partial charge in [0.25, 0.3) is 5.91 Å². The summed E-state index contributed by atoms with van der Waals surface area (Å²) in [7, 11) is 0. The topological polar surface area (TPSA) is 54.1 Å². The summed E-state index contributed by atoms with van der Waals surface area (Å²) in [4.78, 5) is 15.3. The van der Waals surface area contributed by atoms with Gasteiger partial charge in [0.2, 0.25) is 0 Å². The van der Waals surface area contributed by atoms with E-state index in [4.69, 9.17) is 0 Å². The molecule has 0 saturated carbocycles. The number of fused-ring (bicyclic) bond motifs is 1. The molecule has 3 aromatic rings. The minimum atomic E-state index is -4.78. The van der Waals surface area contributed by atoms with Crippen LogP contribution in [-0.4, -0.2) is 17.3 Å². The first kappa shape index (κ1) is 15.0. The second kappa shape index (κ2) is 5.68. The summed E-state index contributed by atoms with van der Waals surface area (Å²) in [5.41, 5.74) is 1.43. The molecule has 1 amide bonds. The molecule has 3 rings (SSSR count). The number of aromatic amines is 1. The van der Waals surface area contributed by atoms with Crippen molar-refractivity contribution < 1.29 is 22.7 Å². The van der Waals surface area contributed by atoms with E-state index in [-0.39, 0.29) is 5.69 Å². The first-order valence-corrected chi connectivity index (χ1v) is 6.66. The van der Waals surface area contributed by atoms with Crippen LogP contribution in [0.1, 0.15) is 10.4 Å². The molecule has 2 aromatic carbocycles. The van der Waals surface area contributed by atoms with Crippen LogP contribution in [0.15, 0.2) is 54.7 Å². The van der Waals surface area contributed by atoms with Gasteiger partial charge in [-0.3, -0.25) is 4.79 Å². The Bertz CT molecular complexity index is 856. The third kappa shape index (κ3) is 3.45. The van der Waals surface area contributed by atoms with Crippen molar-refractivity contribution in [1.29, 1.82) is 0 Å². The molecule has 1 aromatic heterocycles. The molecule has 2 N–H and O–H groups in total. The smallest absolute Gasteiger partial charge is 0.406 e. The number of hydrogen-bond acceptors (Lipinski definition) is 2. The molecule has 118 valence electrons. The predicted molar refractivity (Wildman–Crippen MR) is 79.4 cm³/mol. The molecular weight excluding hydrogens is 309 g/mol. The number of halogens is 3. The van der Waals surface area contributed by atoms with E-state index < -0.39 is 18.0 Å². The van der Waals surface area contributed by atoms with Gasteiger partial charge in [-0.25, -0.2) is 0 Å².